The normalized spacial score (nSPS) is 12.0. The van der Waals surface area contributed by atoms with Gasteiger partial charge in [0.2, 0.25) is 11.8 Å². The van der Waals surface area contributed by atoms with Crippen LogP contribution in [0.1, 0.15) is 25.0 Å². The molecule has 0 spiro atoms. The number of benzene rings is 3. The average Bonchev–Trinajstić information content (AvgIpc) is 2.86. The number of nitrogens with zero attached hydrogens (tertiary/aromatic N) is 2. The minimum Gasteiger partial charge on any atom is -0.355 e. The highest BCUT2D eigenvalue weighted by Crippen LogP contribution is 2.26. The molecule has 3 aromatic rings. The molecule has 0 heterocycles. The van der Waals surface area contributed by atoms with Crippen molar-refractivity contribution >= 4 is 50.7 Å². The van der Waals surface area contributed by atoms with Crippen LogP contribution in [0.3, 0.4) is 0 Å². The minimum absolute atomic E-state index is 0.00719. The molecule has 37 heavy (non-hydrogen) atoms. The van der Waals surface area contributed by atoms with Crippen molar-refractivity contribution in [2.75, 3.05) is 17.4 Å². The van der Waals surface area contributed by atoms with Gasteiger partial charge in [-0.25, -0.2) is 8.42 Å². The van der Waals surface area contributed by atoms with Gasteiger partial charge in [0.1, 0.15) is 12.6 Å². The van der Waals surface area contributed by atoms with Gasteiger partial charge in [0.15, 0.2) is 0 Å². The maximum atomic E-state index is 13.8. The Morgan fingerprint density at radius 2 is 1.54 bits per heavy atom. The van der Waals surface area contributed by atoms with Crippen molar-refractivity contribution in [1.82, 2.24) is 10.2 Å². The summed E-state index contributed by atoms with van der Waals surface area (Å²) in [5.41, 5.74) is 1.91. The quantitative estimate of drug-likeness (QED) is 0.375. The molecule has 3 aromatic carbocycles. The monoisotopic (exact) mass is 561 g/mol. The second-order valence-electron chi connectivity index (χ2n) is 8.52. The maximum Gasteiger partial charge on any atom is 0.264 e. The molecule has 0 aromatic heterocycles. The number of hydrogen-bond donors (Lipinski definition) is 1. The van der Waals surface area contributed by atoms with E-state index in [2.05, 4.69) is 5.32 Å². The standard InChI is InChI=1S/C27H29Cl2N3O4S/c1-4-30-27(34)20(3)31(17-21-8-10-22(28)11-9-21)26(33)18-32(24-7-5-6-19(2)16-24)37(35,36)25-14-12-23(29)13-15-25/h5-16,20H,4,17-18H2,1-3H3,(H,30,34)/t20-/m1/s1. The maximum absolute atomic E-state index is 13.8. The molecule has 0 unspecified atom stereocenters. The molecule has 0 aliphatic rings. The third-order valence-electron chi connectivity index (χ3n) is 5.75. The number of rotatable bonds is 10. The van der Waals surface area contributed by atoms with E-state index in [0.29, 0.717) is 22.3 Å². The van der Waals surface area contributed by atoms with E-state index < -0.39 is 28.5 Å². The highest BCUT2D eigenvalue weighted by Gasteiger charge is 2.32. The van der Waals surface area contributed by atoms with Gasteiger partial charge in [-0.3, -0.25) is 13.9 Å². The largest absolute Gasteiger partial charge is 0.355 e. The first kappa shape index (κ1) is 28.5. The van der Waals surface area contributed by atoms with Crippen LogP contribution in [-0.4, -0.2) is 44.3 Å². The van der Waals surface area contributed by atoms with E-state index in [1.54, 1.807) is 56.3 Å². The van der Waals surface area contributed by atoms with E-state index >= 15 is 0 Å². The fourth-order valence-electron chi connectivity index (χ4n) is 3.74. The molecule has 0 fully saturated rings. The third-order valence-corrected chi connectivity index (χ3v) is 8.05. The smallest absolute Gasteiger partial charge is 0.264 e. The molecule has 0 saturated carbocycles. The number of sulfonamides is 1. The Morgan fingerprint density at radius 1 is 0.946 bits per heavy atom. The zero-order valence-electron chi connectivity index (χ0n) is 20.8. The Hall–Kier alpha value is -3.07. The molecule has 2 amide bonds. The number of amides is 2. The van der Waals surface area contributed by atoms with Crippen LogP contribution in [0.15, 0.2) is 77.7 Å². The zero-order chi connectivity index (χ0) is 27.2. The van der Waals surface area contributed by atoms with Gasteiger partial charge in [0, 0.05) is 23.1 Å². The molecule has 0 bridgehead atoms. The second-order valence-corrected chi connectivity index (χ2v) is 11.3. The summed E-state index contributed by atoms with van der Waals surface area (Å²) in [6.07, 6.45) is 0. The molecular formula is C27H29Cl2N3O4S. The van der Waals surface area contributed by atoms with Crippen molar-refractivity contribution < 1.29 is 18.0 Å². The van der Waals surface area contributed by atoms with E-state index in [4.69, 9.17) is 23.2 Å². The van der Waals surface area contributed by atoms with Crippen molar-refractivity contribution in [2.45, 2.75) is 38.3 Å². The van der Waals surface area contributed by atoms with Gasteiger partial charge in [0.05, 0.1) is 10.6 Å². The molecule has 0 aliphatic heterocycles. The topological polar surface area (TPSA) is 86.8 Å². The predicted octanol–water partition coefficient (Wildman–Crippen LogP) is 5.05. The zero-order valence-corrected chi connectivity index (χ0v) is 23.1. The molecular weight excluding hydrogens is 533 g/mol. The van der Waals surface area contributed by atoms with Gasteiger partial charge in [-0.05, 0) is 80.4 Å². The molecule has 10 heteroatoms. The SMILES string of the molecule is CCNC(=O)[C@@H](C)N(Cc1ccc(Cl)cc1)C(=O)CN(c1cccc(C)c1)S(=O)(=O)c1ccc(Cl)cc1. The molecule has 1 N–H and O–H groups in total. The lowest BCUT2D eigenvalue weighted by Crippen LogP contribution is -2.51. The van der Waals surface area contributed by atoms with Crippen LogP contribution in [0, 0.1) is 6.92 Å². The van der Waals surface area contributed by atoms with Crippen molar-refractivity contribution in [3.05, 3.63) is 94.0 Å². The highest BCUT2D eigenvalue weighted by atomic mass is 35.5. The lowest BCUT2D eigenvalue weighted by molar-refractivity contribution is -0.139. The van der Waals surface area contributed by atoms with Gasteiger partial charge in [-0.15, -0.1) is 0 Å². The Labute approximate surface area is 228 Å². The second kappa shape index (κ2) is 12.4. The first-order valence-corrected chi connectivity index (χ1v) is 13.9. The Balaban J connectivity index is 2.02. The Morgan fingerprint density at radius 3 is 2.11 bits per heavy atom. The van der Waals surface area contributed by atoms with Crippen LogP contribution in [0.2, 0.25) is 10.0 Å². The summed E-state index contributed by atoms with van der Waals surface area (Å²) in [6, 6.07) is 18.7. The summed E-state index contributed by atoms with van der Waals surface area (Å²) >= 11 is 12.0. The summed E-state index contributed by atoms with van der Waals surface area (Å²) in [4.78, 5) is 27.8. The Bertz CT molecular complexity index is 1350. The van der Waals surface area contributed by atoms with E-state index in [1.807, 2.05) is 13.0 Å². The molecule has 0 radical (unpaired) electrons. The average molecular weight is 563 g/mol. The number of halogens is 2. The molecule has 7 nitrogen and oxygen atoms in total. The van der Waals surface area contributed by atoms with Gasteiger partial charge < -0.3 is 10.2 Å². The lowest BCUT2D eigenvalue weighted by atomic mass is 10.1. The molecule has 0 aliphatic carbocycles. The van der Waals surface area contributed by atoms with Gasteiger partial charge in [0.25, 0.3) is 10.0 Å². The fourth-order valence-corrected chi connectivity index (χ4v) is 5.39. The van der Waals surface area contributed by atoms with Crippen LogP contribution in [-0.2, 0) is 26.2 Å². The van der Waals surface area contributed by atoms with Crippen molar-refractivity contribution in [3.8, 4) is 0 Å². The fraction of sp³-hybridized carbons (Fsp3) is 0.259. The van der Waals surface area contributed by atoms with Crippen molar-refractivity contribution in [1.29, 1.82) is 0 Å². The van der Waals surface area contributed by atoms with Crippen LogP contribution in [0.25, 0.3) is 0 Å². The van der Waals surface area contributed by atoms with Crippen LogP contribution < -0.4 is 9.62 Å². The number of aryl methyl sites for hydroxylation is 1. The van der Waals surface area contributed by atoms with Crippen molar-refractivity contribution in [3.63, 3.8) is 0 Å². The van der Waals surface area contributed by atoms with E-state index in [0.717, 1.165) is 15.4 Å². The van der Waals surface area contributed by atoms with Gasteiger partial charge >= 0.3 is 0 Å². The van der Waals surface area contributed by atoms with Crippen LogP contribution in [0.5, 0.6) is 0 Å². The van der Waals surface area contributed by atoms with E-state index in [1.165, 1.54) is 29.2 Å². The summed E-state index contributed by atoms with van der Waals surface area (Å²) < 4.78 is 28.5. The van der Waals surface area contributed by atoms with Crippen LogP contribution >= 0.6 is 23.2 Å². The van der Waals surface area contributed by atoms with Crippen LogP contribution in [0.4, 0.5) is 5.69 Å². The first-order chi connectivity index (χ1) is 17.5. The summed E-state index contributed by atoms with van der Waals surface area (Å²) in [6.45, 7) is 5.22. The molecule has 0 saturated heterocycles. The molecule has 1 atom stereocenters. The van der Waals surface area contributed by atoms with Gasteiger partial charge in [-0.2, -0.15) is 0 Å². The number of carbonyl (C=O) groups excluding carboxylic acids is 2. The first-order valence-electron chi connectivity index (χ1n) is 11.7. The van der Waals surface area contributed by atoms with Gasteiger partial charge in [-0.1, -0.05) is 47.5 Å². The Kier molecular flexibility index (Phi) is 9.59. The molecule has 196 valence electrons. The highest BCUT2D eigenvalue weighted by molar-refractivity contribution is 7.92. The summed E-state index contributed by atoms with van der Waals surface area (Å²) in [5.74, 6) is -0.875. The predicted molar refractivity (Wildman–Crippen MR) is 147 cm³/mol. The third kappa shape index (κ3) is 7.25. The minimum atomic E-state index is -4.14. The summed E-state index contributed by atoms with van der Waals surface area (Å²) in [7, 11) is -4.14. The number of likely N-dealkylation sites (N-methyl/N-ethyl adjacent to an activating group) is 1. The summed E-state index contributed by atoms with van der Waals surface area (Å²) in [5, 5.41) is 3.66. The van der Waals surface area contributed by atoms with E-state index in [-0.39, 0.29) is 17.3 Å². The number of carbonyl (C=O) groups is 2. The molecule has 3 rings (SSSR count). The lowest BCUT2D eigenvalue weighted by Gasteiger charge is -2.32. The number of anilines is 1. The number of hydrogen-bond acceptors (Lipinski definition) is 4. The van der Waals surface area contributed by atoms with E-state index in [9.17, 15) is 18.0 Å². The van der Waals surface area contributed by atoms with Crippen molar-refractivity contribution in [2.24, 2.45) is 0 Å². The number of nitrogens with one attached hydrogen (secondary N) is 1.